The molecule has 0 saturated heterocycles. The number of anilines is 1. The highest BCUT2D eigenvalue weighted by atomic mass is 127. The van der Waals surface area contributed by atoms with Crippen LogP contribution < -0.4 is 20.2 Å². The number of hydrazone groups is 1. The van der Waals surface area contributed by atoms with Crippen molar-refractivity contribution in [3.8, 4) is 11.5 Å². The van der Waals surface area contributed by atoms with E-state index in [1.807, 2.05) is 38.1 Å². The molecule has 0 fully saturated rings. The summed E-state index contributed by atoms with van der Waals surface area (Å²) in [5.41, 5.74) is 4.70. The SMILES string of the molecule is CCOc1cc(C=NNC(=O)CC(=O)Nc2ccccc2C)cc(I)c1OC. The van der Waals surface area contributed by atoms with Crippen molar-refractivity contribution in [3.63, 3.8) is 0 Å². The highest BCUT2D eigenvalue weighted by Gasteiger charge is 2.11. The van der Waals surface area contributed by atoms with Gasteiger partial charge in [0.15, 0.2) is 11.5 Å². The molecule has 28 heavy (non-hydrogen) atoms. The molecular weight excluding hydrogens is 473 g/mol. The van der Waals surface area contributed by atoms with Crippen molar-refractivity contribution in [3.05, 3.63) is 51.1 Å². The number of methoxy groups -OCH3 is 1. The molecule has 0 aliphatic rings. The molecule has 0 unspecified atom stereocenters. The second kappa shape index (κ2) is 10.6. The molecule has 0 spiro atoms. The Morgan fingerprint density at radius 3 is 2.64 bits per heavy atom. The number of carbonyl (C=O) groups is 2. The monoisotopic (exact) mass is 495 g/mol. The van der Waals surface area contributed by atoms with E-state index in [-0.39, 0.29) is 6.42 Å². The van der Waals surface area contributed by atoms with E-state index in [1.165, 1.54) is 6.21 Å². The van der Waals surface area contributed by atoms with Gasteiger partial charge in [-0.25, -0.2) is 5.43 Å². The van der Waals surface area contributed by atoms with Crippen molar-refractivity contribution in [2.45, 2.75) is 20.3 Å². The van der Waals surface area contributed by atoms with Gasteiger partial charge < -0.3 is 14.8 Å². The van der Waals surface area contributed by atoms with E-state index in [0.29, 0.717) is 23.8 Å². The third kappa shape index (κ3) is 6.22. The second-order valence-corrected chi connectivity index (χ2v) is 6.96. The van der Waals surface area contributed by atoms with E-state index in [4.69, 9.17) is 9.47 Å². The molecule has 0 radical (unpaired) electrons. The highest BCUT2D eigenvalue weighted by Crippen LogP contribution is 2.33. The second-order valence-electron chi connectivity index (χ2n) is 5.80. The predicted octanol–water partition coefficient (Wildman–Crippen LogP) is 3.49. The lowest BCUT2D eigenvalue weighted by molar-refractivity contribution is -0.126. The first kappa shape index (κ1) is 21.7. The van der Waals surface area contributed by atoms with Gasteiger partial charge in [-0.05, 0) is 65.8 Å². The zero-order valence-corrected chi connectivity index (χ0v) is 18.1. The molecule has 7 nitrogen and oxygen atoms in total. The summed E-state index contributed by atoms with van der Waals surface area (Å²) in [7, 11) is 1.58. The Labute approximate surface area is 177 Å². The quantitative estimate of drug-likeness (QED) is 0.254. The van der Waals surface area contributed by atoms with E-state index >= 15 is 0 Å². The molecular formula is C20H22IN3O4. The van der Waals surface area contributed by atoms with Gasteiger partial charge in [-0.15, -0.1) is 0 Å². The van der Waals surface area contributed by atoms with Gasteiger partial charge in [0.05, 0.1) is 23.5 Å². The van der Waals surface area contributed by atoms with Gasteiger partial charge in [0, 0.05) is 5.69 Å². The summed E-state index contributed by atoms with van der Waals surface area (Å²) in [5, 5.41) is 6.62. The predicted molar refractivity (Wildman–Crippen MR) is 117 cm³/mol. The van der Waals surface area contributed by atoms with E-state index in [1.54, 1.807) is 19.2 Å². The van der Waals surface area contributed by atoms with Crippen molar-refractivity contribution in [2.24, 2.45) is 5.10 Å². The summed E-state index contributed by atoms with van der Waals surface area (Å²) in [6.07, 6.45) is 1.16. The molecule has 0 aliphatic heterocycles. The van der Waals surface area contributed by atoms with Gasteiger partial charge in [0.2, 0.25) is 11.8 Å². The van der Waals surface area contributed by atoms with Crippen LogP contribution in [0.25, 0.3) is 0 Å². The van der Waals surface area contributed by atoms with Gasteiger partial charge in [-0.3, -0.25) is 9.59 Å². The van der Waals surface area contributed by atoms with E-state index in [0.717, 1.165) is 14.7 Å². The van der Waals surface area contributed by atoms with Crippen LogP contribution in [0.15, 0.2) is 41.5 Å². The van der Waals surface area contributed by atoms with Crippen LogP contribution in [0.5, 0.6) is 11.5 Å². The minimum absolute atomic E-state index is 0.323. The number of nitrogens with zero attached hydrogens (tertiary/aromatic N) is 1. The smallest absolute Gasteiger partial charge is 0.249 e. The first-order chi connectivity index (χ1) is 13.4. The fraction of sp³-hybridized carbons (Fsp3) is 0.250. The zero-order valence-electron chi connectivity index (χ0n) is 15.9. The summed E-state index contributed by atoms with van der Waals surface area (Å²) in [6.45, 7) is 4.27. The van der Waals surface area contributed by atoms with Gasteiger partial charge in [-0.2, -0.15) is 5.10 Å². The third-order valence-corrected chi connectivity index (χ3v) is 4.48. The molecule has 0 aliphatic carbocycles. The Balaban J connectivity index is 1.94. The number of nitrogens with one attached hydrogen (secondary N) is 2. The lowest BCUT2D eigenvalue weighted by Gasteiger charge is -2.11. The summed E-state index contributed by atoms with van der Waals surface area (Å²) in [6, 6.07) is 11.0. The van der Waals surface area contributed by atoms with Gasteiger partial charge in [0.25, 0.3) is 0 Å². The van der Waals surface area contributed by atoms with Crippen LogP contribution in [0.1, 0.15) is 24.5 Å². The van der Waals surface area contributed by atoms with Crippen LogP contribution in [0.3, 0.4) is 0 Å². The fourth-order valence-electron chi connectivity index (χ4n) is 2.40. The molecule has 148 valence electrons. The first-order valence-electron chi connectivity index (χ1n) is 8.62. The van der Waals surface area contributed by atoms with Crippen LogP contribution in [0, 0.1) is 10.5 Å². The summed E-state index contributed by atoms with van der Waals surface area (Å²) in [4.78, 5) is 23.9. The number of benzene rings is 2. The van der Waals surface area contributed by atoms with Crippen molar-refractivity contribution in [2.75, 3.05) is 19.0 Å². The number of para-hydroxylation sites is 1. The molecule has 0 heterocycles. The van der Waals surface area contributed by atoms with Crippen LogP contribution in [0.4, 0.5) is 5.69 Å². The largest absolute Gasteiger partial charge is 0.492 e. The fourth-order valence-corrected chi connectivity index (χ4v) is 3.24. The topological polar surface area (TPSA) is 89.0 Å². The molecule has 0 saturated carbocycles. The van der Waals surface area contributed by atoms with Crippen molar-refractivity contribution >= 4 is 46.3 Å². The van der Waals surface area contributed by atoms with Crippen molar-refractivity contribution < 1.29 is 19.1 Å². The molecule has 2 N–H and O–H groups in total. The number of carbonyl (C=O) groups excluding carboxylic acids is 2. The zero-order chi connectivity index (χ0) is 20.5. The van der Waals surface area contributed by atoms with E-state index in [9.17, 15) is 9.59 Å². The molecule has 0 aromatic heterocycles. The Morgan fingerprint density at radius 1 is 1.21 bits per heavy atom. The Hall–Kier alpha value is -2.62. The number of hydrogen-bond donors (Lipinski definition) is 2. The highest BCUT2D eigenvalue weighted by molar-refractivity contribution is 14.1. The molecule has 2 amide bonds. The number of hydrogen-bond acceptors (Lipinski definition) is 5. The third-order valence-electron chi connectivity index (χ3n) is 3.68. The Bertz CT molecular complexity index is 884. The van der Waals surface area contributed by atoms with E-state index < -0.39 is 11.8 Å². The summed E-state index contributed by atoms with van der Waals surface area (Å²) < 4.78 is 11.8. The minimum Gasteiger partial charge on any atom is -0.492 e. The number of aryl methyl sites for hydroxylation is 1. The number of rotatable bonds is 8. The lowest BCUT2D eigenvalue weighted by atomic mass is 10.2. The van der Waals surface area contributed by atoms with Crippen molar-refractivity contribution in [1.29, 1.82) is 0 Å². The van der Waals surface area contributed by atoms with Gasteiger partial charge in [0.1, 0.15) is 6.42 Å². The number of halogens is 1. The Kier molecular flexibility index (Phi) is 8.24. The maximum absolute atomic E-state index is 12.0. The van der Waals surface area contributed by atoms with Crippen LogP contribution >= 0.6 is 22.6 Å². The molecule has 8 heteroatoms. The minimum atomic E-state index is -0.504. The van der Waals surface area contributed by atoms with Gasteiger partial charge >= 0.3 is 0 Å². The maximum atomic E-state index is 12.0. The maximum Gasteiger partial charge on any atom is 0.249 e. The molecule has 0 atom stereocenters. The molecule has 2 aromatic rings. The van der Waals surface area contributed by atoms with Crippen LogP contribution in [-0.2, 0) is 9.59 Å². The van der Waals surface area contributed by atoms with Crippen molar-refractivity contribution in [1.82, 2.24) is 5.43 Å². The average Bonchev–Trinajstić information content (AvgIpc) is 2.64. The normalized spacial score (nSPS) is 10.6. The lowest BCUT2D eigenvalue weighted by Crippen LogP contribution is -2.24. The average molecular weight is 495 g/mol. The van der Waals surface area contributed by atoms with Crippen LogP contribution in [-0.4, -0.2) is 31.7 Å². The summed E-state index contributed by atoms with van der Waals surface area (Å²) in [5.74, 6) is 0.342. The summed E-state index contributed by atoms with van der Waals surface area (Å²) >= 11 is 2.14. The first-order valence-corrected chi connectivity index (χ1v) is 9.70. The number of ether oxygens (including phenoxy) is 2. The molecule has 2 aromatic carbocycles. The van der Waals surface area contributed by atoms with Crippen LogP contribution in [0.2, 0.25) is 0 Å². The standard InChI is InChI=1S/C20H22IN3O4/c1-4-28-17-10-14(9-15(21)20(17)27-3)12-22-24-19(26)11-18(25)23-16-8-6-5-7-13(16)2/h5-10,12H,4,11H2,1-3H3,(H,23,25)(H,24,26). The van der Waals surface area contributed by atoms with E-state index in [2.05, 4.69) is 38.4 Å². The molecule has 0 bridgehead atoms. The molecule has 2 rings (SSSR count). The Morgan fingerprint density at radius 2 is 1.96 bits per heavy atom. The number of amides is 2. The van der Waals surface area contributed by atoms with Gasteiger partial charge in [-0.1, -0.05) is 18.2 Å².